The number of aryl methyl sites for hydroxylation is 1. The number of hydrogen-bond donors (Lipinski definition) is 3. The number of carbonyl (C=O) groups is 1. The molecule has 8 heteroatoms. The van der Waals surface area contributed by atoms with Gasteiger partial charge in [-0.1, -0.05) is 0 Å². The maximum atomic E-state index is 12.9. The maximum Gasteiger partial charge on any atom is 0.276 e. The molecule has 0 saturated heterocycles. The third-order valence-corrected chi connectivity index (χ3v) is 6.89. The molecular formula is C19H24N2O5S. The van der Waals surface area contributed by atoms with Gasteiger partial charge in [-0.15, -0.1) is 0 Å². The molecule has 0 saturated carbocycles. The Bertz CT molecular complexity index is 953. The van der Waals surface area contributed by atoms with Crippen LogP contribution >= 0.6 is 0 Å². The first kappa shape index (κ1) is 20.7. The fourth-order valence-corrected chi connectivity index (χ4v) is 4.36. The highest BCUT2D eigenvalue weighted by Crippen LogP contribution is 2.29. The summed E-state index contributed by atoms with van der Waals surface area (Å²) in [5.74, 6) is -0.122. The zero-order chi connectivity index (χ0) is 20.4. The van der Waals surface area contributed by atoms with Gasteiger partial charge in [-0.25, -0.2) is 13.9 Å². The van der Waals surface area contributed by atoms with E-state index >= 15 is 0 Å². The third kappa shape index (κ3) is 4.06. The van der Waals surface area contributed by atoms with E-state index in [1.54, 1.807) is 44.5 Å². The molecule has 1 unspecified atom stereocenters. The number of benzene rings is 2. The van der Waals surface area contributed by atoms with Crippen LogP contribution in [0, 0.1) is 13.8 Å². The Morgan fingerprint density at radius 3 is 2.37 bits per heavy atom. The quantitative estimate of drug-likeness (QED) is 0.395. The van der Waals surface area contributed by atoms with Gasteiger partial charge in [-0.3, -0.25) is 10.0 Å². The smallest absolute Gasteiger partial charge is 0.276 e. The van der Waals surface area contributed by atoms with Gasteiger partial charge in [-0.2, -0.15) is 0 Å². The highest BCUT2D eigenvalue weighted by Gasteiger charge is 2.26. The molecule has 1 amide bonds. The molecule has 0 bridgehead atoms. The Labute approximate surface area is 159 Å². The monoisotopic (exact) mass is 392 g/mol. The molecule has 0 aliphatic rings. The zero-order valence-corrected chi connectivity index (χ0v) is 16.6. The van der Waals surface area contributed by atoms with Crippen LogP contribution in [0.5, 0.6) is 5.75 Å². The number of amides is 1. The van der Waals surface area contributed by atoms with Crippen LogP contribution in [-0.4, -0.2) is 31.9 Å². The molecule has 0 aromatic heterocycles. The predicted molar refractivity (Wildman–Crippen MR) is 103 cm³/mol. The van der Waals surface area contributed by atoms with Gasteiger partial charge in [0.25, 0.3) is 5.91 Å². The fourth-order valence-electron chi connectivity index (χ4n) is 3.00. The number of anilines is 1. The Kier molecular flexibility index (Phi) is 6.12. The first-order chi connectivity index (χ1) is 12.6. The SMILES string of the molecule is COc1ccc(S(=O)(=O)C(C)Cc2c(C)cc(C(=O)NO)c(N)c2C)cc1. The van der Waals surface area contributed by atoms with Crippen LogP contribution in [0.15, 0.2) is 35.2 Å². The summed E-state index contributed by atoms with van der Waals surface area (Å²) in [6.07, 6.45) is 0.247. The van der Waals surface area contributed by atoms with E-state index < -0.39 is 21.0 Å². The van der Waals surface area contributed by atoms with Gasteiger partial charge >= 0.3 is 0 Å². The number of nitrogens with two attached hydrogens (primary N) is 1. The summed E-state index contributed by atoms with van der Waals surface area (Å²) >= 11 is 0. The minimum atomic E-state index is -3.56. The van der Waals surface area contributed by atoms with Gasteiger partial charge in [0.15, 0.2) is 9.84 Å². The second kappa shape index (κ2) is 7.98. The summed E-state index contributed by atoms with van der Waals surface area (Å²) in [6.45, 7) is 5.16. The Morgan fingerprint density at radius 1 is 1.26 bits per heavy atom. The van der Waals surface area contributed by atoms with Gasteiger partial charge in [0.1, 0.15) is 5.75 Å². The minimum Gasteiger partial charge on any atom is -0.497 e. The van der Waals surface area contributed by atoms with Gasteiger partial charge < -0.3 is 10.5 Å². The molecule has 1 atom stereocenters. The van der Waals surface area contributed by atoms with Crippen molar-refractivity contribution in [1.82, 2.24) is 5.48 Å². The number of carbonyl (C=O) groups excluding carboxylic acids is 1. The molecule has 2 aromatic carbocycles. The molecular weight excluding hydrogens is 368 g/mol. The topological polar surface area (TPSA) is 119 Å². The van der Waals surface area contributed by atoms with E-state index in [-0.39, 0.29) is 22.6 Å². The first-order valence-electron chi connectivity index (χ1n) is 8.34. The predicted octanol–water partition coefficient (Wildman–Crippen LogP) is 2.42. The van der Waals surface area contributed by atoms with Crippen LogP contribution in [0.2, 0.25) is 0 Å². The number of hydrogen-bond acceptors (Lipinski definition) is 6. The number of nitrogens with one attached hydrogen (secondary N) is 1. The van der Waals surface area contributed by atoms with Crippen LogP contribution in [0.3, 0.4) is 0 Å². The van der Waals surface area contributed by atoms with Crippen molar-refractivity contribution in [1.29, 1.82) is 0 Å². The van der Waals surface area contributed by atoms with E-state index in [0.29, 0.717) is 11.3 Å². The van der Waals surface area contributed by atoms with Gasteiger partial charge in [-0.05, 0) is 74.2 Å². The summed E-state index contributed by atoms with van der Waals surface area (Å²) in [5, 5.41) is 8.14. The lowest BCUT2D eigenvalue weighted by molar-refractivity contribution is 0.0707. The van der Waals surface area contributed by atoms with Crippen molar-refractivity contribution in [2.24, 2.45) is 0 Å². The zero-order valence-electron chi connectivity index (χ0n) is 15.7. The molecule has 0 spiro atoms. The Hall–Kier alpha value is -2.58. The fraction of sp³-hybridized carbons (Fsp3) is 0.316. The standard InChI is InChI=1S/C19H24N2O5S/c1-11-9-17(19(22)21-23)18(20)13(3)16(11)10-12(2)27(24,25)15-7-5-14(26-4)6-8-15/h5-9,12,23H,10,20H2,1-4H3,(H,21,22). The average molecular weight is 392 g/mol. The van der Waals surface area contributed by atoms with Crippen LogP contribution in [0.25, 0.3) is 0 Å². The maximum absolute atomic E-state index is 12.9. The number of sulfone groups is 1. The molecule has 0 heterocycles. The lowest BCUT2D eigenvalue weighted by atomic mass is 9.93. The van der Waals surface area contributed by atoms with Crippen molar-refractivity contribution in [3.8, 4) is 5.75 Å². The molecule has 0 fully saturated rings. The lowest BCUT2D eigenvalue weighted by Gasteiger charge is -2.19. The number of rotatable bonds is 6. The second-order valence-electron chi connectivity index (χ2n) is 6.43. The molecule has 2 aromatic rings. The van der Waals surface area contributed by atoms with Crippen molar-refractivity contribution in [2.45, 2.75) is 37.3 Å². The summed E-state index contributed by atoms with van der Waals surface area (Å²) in [5.41, 5.74) is 10.1. The highest BCUT2D eigenvalue weighted by atomic mass is 32.2. The first-order valence-corrected chi connectivity index (χ1v) is 9.89. The molecule has 0 aliphatic carbocycles. The van der Waals surface area contributed by atoms with Crippen molar-refractivity contribution in [2.75, 3.05) is 12.8 Å². The second-order valence-corrected chi connectivity index (χ2v) is 8.80. The van der Waals surface area contributed by atoms with E-state index in [2.05, 4.69) is 0 Å². The Balaban J connectivity index is 2.38. The van der Waals surface area contributed by atoms with Crippen molar-refractivity contribution >= 4 is 21.4 Å². The van der Waals surface area contributed by atoms with Gasteiger partial charge in [0.05, 0.1) is 22.8 Å². The van der Waals surface area contributed by atoms with E-state index in [9.17, 15) is 13.2 Å². The van der Waals surface area contributed by atoms with E-state index in [1.807, 2.05) is 0 Å². The van der Waals surface area contributed by atoms with E-state index in [1.165, 1.54) is 19.2 Å². The molecule has 7 nitrogen and oxygen atoms in total. The van der Waals surface area contributed by atoms with Gasteiger partial charge in [0.2, 0.25) is 0 Å². The van der Waals surface area contributed by atoms with Crippen molar-refractivity contribution < 1.29 is 23.2 Å². The van der Waals surface area contributed by atoms with Gasteiger partial charge in [0, 0.05) is 5.69 Å². The minimum absolute atomic E-state index is 0.155. The average Bonchev–Trinajstić information content (AvgIpc) is 2.67. The third-order valence-electron chi connectivity index (χ3n) is 4.74. The number of hydroxylamine groups is 1. The van der Waals surface area contributed by atoms with Crippen LogP contribution in [-0.2, 0) is 16.3 Å². The number of nitrogen functional groups attached to an aromatic ring is 1. The van der Waals surface area contributed by atoms with Crippen molar-refractivity contribution in [3.05, 3.63) is 52.6 Å². The number of methoxy groups -OCH3 is 1. The van der Waals surface area contributed by atoms with Crippen LogP contribution < -0.4 is 16.0 Å². The normalized spacial score (nSPS) is 12.5. The summed E-state index contributed by atoms with van der Waals surface area (Å²) in [4.78, 5) is 11.9. The molecule has 0 aliphatic heterocycles. The largest absolute Gasteiger partial charge is 0.497 e. The Morgan fingerprint density at radius 2 is 1.85 bits per heavy atom. The summed E-state index contributed by atoms with van der Waals surface area (Å²) < 4.78 is 30.9. The number of ether oxygens (including phenoxy) is 1. The summed E-state index contributed by atoms with van der Waals surface area (Å²) in [6, 6.07) is 7.81. The molecule has 146 valence electrons. The molecule has 2 rings (SSSR count). The molecule has 27 heavy (non-hydrogen) atoms. The molecule has 4 N–H and O–H groups in total. The van der Waals surface area contributed by atoms with E-state index in [4.69, 9.17) is 15.7 Å². The highest BCUT2D eigenvalue weighted by molar-refractivity contribution is 7.92. The van der Waals surface area contributed by atoms with Crippen LogP contribution in [0.1, 0.15) is 34.0 Å². The lowest BCUT2D eigenvalue weighted by Crippen LogP contribution is -2.24. The molecule has 0 radical (unpaired) electrons. The van der Waals surface area contributed by atoms with E-state index in [0.717, 1.165) is 11.1 Å². The van der Waals surface area contributed by atoms with Crippen LogP contribution in [0.4, 0.5) is 5.69 Å². The van der Waals surface area contributed by atoms with Crippen molar-refractivity contribution in [3.63, 3.8) is 0 Å². The summed E-state index contributed by atoms with van der Waals surface area (Å²) in [7, 11) is -2.04.